The molecule has 2 atom stereocenters. The molecule has 3 rings (SSSR count). The van der Waals surface area contributed by atoms with E-state index in [9.17, 15) is 9.59 Å². The summed E-state index contributed by atoms with van der Waals surface area (Å²) in [6, 6.07) is 6.77. The van der Waals surface area contributed by atoms with Crippen LogP contribution in [0.1, 0.15) is 40.0 Å². The SMILES string of the molecule is N[C@@H]1CCC[C@H]1N1C(=O)c2ccccc2C1=O. The van der Waals surface area contributed by atoms with Gasteiger partial charge >= 0.3 is 0 Å². The van der Waals surface area contributed by atoms with E-state index in [0.717, 1.165) is 19.3 Å². The summed E-state index contributed by atoms with van der Waals surface area (Å²) in [5.74, 6) is -0.374. The maximum absolute atomic E-state index is 12.2. The van der Waals surface area contributed by atoms with E-state index in [1.165, 1.54) is 4.90 Å². The molecule has 1 aromatic rings. The molecule has 1 saturated carbocycles. The zero-order valence-electron chi connectivity index (χ0n) is 9.43. The Labute approximate surface area is 99.4 Å². The second kappa shape index (κ2) is 3.67. The van der Waals surface area contributed by atoms with Crippen molar-refractivity contribution in [3.63, 3.8) is 0 Å². The topological polar surface area (TPSA) is 63.4 Å². The Morgan fingerprint density at radius 1 is 1.06 bits per heavy atom. The van der Waals surface area contributed by atoms with Crippen LogP contribution in [0.2, 0.25) is 0 Å². The first-order chi connectivity index (χ1) is 8.20. The standard InChI is InChI=1S/C13H14N2O2/c14-10-6-3-7-11(10)15-12(16)8-4-1-2-5-9(8)13(15)17/h1-2,4-5,10-11H,3,6-7,14H2/t10-,11-/m1/s1. The minimum absolute atomic E-state index is 0.0720. The van der Waals surface area contributed by atoms with Crippen molar-refractivity contribution in [1.29, 1.82) is 0 Å². The molecule has 1 aliphatic carbocycles. The molecule has 0 unspecified atom stereocenters. The highest BCUT2D eigenvalue weighted by Gasteiger charge is 2.43. The number of benzene rings is 1. The maximum Gasteiger partial charge on any atom is 0.261 e. The number of hydrogen-bond donors (Lipinski definition) is 1. The average molecular weight is 230 g/mol. The highest BCUT2D eigenvalue weighted by molar-refractivity contribution is 6.21. The van der Waals surface area contributed by atoms with Crippen LogP contribution in [0.3, 0.4) is 0 Å². The van der Waals surface area contributed by atoms with Crippen LogP contribution < -0.4 is 5.73 Å². The zero-order chi connectivity index (χ0) is 12.0. The summed E-state index contributed by atoms with van der Waals surface area (Å²) >= 11 is 0. The van der Waals surface area contributed by atoms with Gasteiger partial charge in [0.25, 0.3) is 11.8 Å². The number of amides is 2. The molecule has 2 aliphatic rings. The van der Waals surface area contributed by atoms with Crippen molar-refractivity contribution < 1.29 is 9.59 Å². The molecule has 0 saturated heterocycles. The molecule has 0 spiro atoms. The number of hydrogen-bond acceptors (Lipinski definition) is 3. The molecule has 0 bridgehead atoms. The molecule has 0 radical (unpaired) electrons. The van der Waals surface area contributed by atoms with Gasteiger partial charge in [0.15, 0.2) is 0 Å². The molecular formula is C13H14N2O2. The summed E-state index contributed by atoms with van der Waals surface area (Å²) in [6.45, 7) is 0. The molecular weight excluding hydrogens is 216 g/mol. The Morgan fingerprint density at radius 2 is 1.65 bits per heavy atom. The second-order valence-corrected chi connectivity index (χ2v) is 4.69. The summed E-state index contributed by atoms with van der Waals surface area (Å²) in [7, 11) is 0. The number of nitrogens with zero attached hydrogens (tertiary/aromatic N) is 1. The van der Waals surface area contributed by atoms with E-state index < -0.39 is 0 Å². The molecule has 4 nitrogen and oxygen atoms in total. The quantitative estimate of drug-likeness (QED) is 0.736. The third kappa shape index (κ3) is 1.41. The number of nitrogens with two attached hydrogens (primary N) is 1. The molecule has 17 heavy (non-hydrogen) atoms. The minimum atomic E-state index is -0.187. The Morgan fingerprint density at radius 3 is 2.12 bits per heavy atom. The third-order valence-electron chi connectivity index (χ3n) is 3.69. The average Bonchev–Trinajstić information content (AvgIpc) is 2.84. The first-order valence-electron chi connectivity index (χ1n) is 5.92. The molecule has 4 heteroatoms. The molecule has 2 N–H and O–H groups in total. The van der Waals surface area contributed by atoms with Crippen LogP contribution in [0.15, 0.2) is 24.3 Å². The maximum atomic E-state index is 12.2. The molecule has 0 aromatic heterocycles. The lowest BCUT2D eigenvalue weighted by molar-refractivity contribution is 0.0575. The molecule has 1 heterocycles. The van der Waals surface area contributed by atoms with E-state index in [0.29, 0.717) is 11.1 Å². The summed E-state index contributed by atoms with van der Waals surface area (Å²) < 4.78 is 0. The van der Waals surface area contributed by atoms with Gasteiger partial charge in [0, 0.05) is 6.04 Å². The largest absolute Gasteiger partial charge is 0.326 e. The lowest BCUT2D eigenvalue weighted by atomic mass is 10.1. The van der Waals surface area contributed by atoms with Crippen LogP contribution in [0.4, 0.5) is 0 Å². The summed E-state index contributed by atoms with van der Waals surface area (Å²) in [5, 5.41) is 0. The minimum Gasteiger partial charge on any atom is -0.326 e. The van der Waals surface area contributed by atoms with Crippen LogP contribution in [0.25, 0.3) is 0 Å². The Hall–Kier alpha value is -1.68. The van der Waals surface area contributed by atoms with E-state index >= 15 is 0 Å². The van der Waals surface area contributed by atoms with Gasteiger partial charge in [0.1, 0.15) is 0 Å². The Bertz CT molecular complexity index is 463. The van der Waals surface area contributed by atoms with Crippen LogP contribution in [0.5, 0.6) is 0 Å². The van der Waals surface area contributed by atoms with Crippen LogP contribution in [0, 0.1) is 0 Å². The van der Waals surface area contributed by atoms with Crippen LogP contribution >= 0.6 is 0 Å². The van der Waals surface area contributed by atoms with Gasteiger partial charge in [-0.3, -0.25) is 14.5 Å². The van der Waals surface area contributed by atoms with E-state index in [4.69, 9.17) is 5.73 Å². The van der Waals surface area contributed by atoms with Gasteiger partial charge in [-0.1, -0.05) is 12.1 Å². The second-order valence-electron chi connectivity index (χ2n) is 4.69. The lowest BCUT2D eigenvalue weighted by Gasteiger charge is -2.25. The number of carbonyl (C=O) groups excluding carboxylic acids is 2. The summed E-state index contributed by atoms with van der Waals surface area (Å²) in [5.41, 5.74) is 6.99. The van der Waals surface area contributed by atoms with E-state index in [2.05, 4.69) is 0 Å². The first-order valence-corrected chi connectivity index (χ1v) is 5.92. The van der Waals surface area contributed by atoms with Gasteiger partial charge in [-0.2, -0.15) is 0 Å². The van der Waals surface area contributed by atoms with E-state index in [1.54, 1.807) is 24.3 Å². The fourth-order valence-electron chi connectivity index (χ4n) is 2.80. The predicted octanol–water partition coefficient (Wildman–Crippen LogP) is 1.16. The van der Waals surface area contributed by atoms with Crippen molar-refractivity contribution in [3.05, 3.63) is 35.4 Å². The van der Waals surface area contributed by atoms with Crippen molar-refractivity contribution in [2.75, 3.05) is 0 Å². The van der Waals surface area contributed by atoms with E-state index in [1.807, 2.05) is 0 Å². The fraction of sp³-hybridized carbons (Fsp3) is 0.385. The Kier molecular flexibility index (Phi) is 2.26. The van der Waals surface area contributed by atoms with Crippen molar-refractivity contribution in [2.45, 2.75) is 31.3 Å². The highest BCUT2D eigenvalue weighted by Crippen LogP contribution is 2.30. The van der Waals surface area contributed by atoms with Crippen LogP contribution in [-0.4, -0.2) is 28.8 Å². The number of fused-ring (bicyclic) bond motifs is 1. The third-order valence-corrected chi connectivity index (χ3v) is 3.69. The molecule has 2 amide bonds. The van der Waals surface area contributed by atoms with E-state index in [-0.39, 0.29) is 23.9 Å². The summed E-state index contributed by atoms with van der Waals surface area (Å²) in [6.07, 6.45) is 2.70. The first kappa shape index (κ1) is 10.5. The van der Waals surface area contributed by atoms with Crippen molar-refractivity contribution in [3.8, 4) is 0 Å². The van der Waals surface area contributed by atoms with Crippen molar-refractivity contribution >= 4 is 11.8 Å². The normalized spacial score (nSPS) is 27.7. The van der Waals surface area contributed by atoms with Crippen molar-refractivity contribution in [1.82, 2.24) is 4.90 Å². The molecule has 1 aromatic carbocycles. The molecule has 1 aliphatic heterocycles. The Balaban J connectivity index is 2.00. The lowest BCUT2D eigenvalue weighted by Crippen LogP contribution is -2.47. The number of carbonyl (C=O) groups is 2. The van der Waals surface area contributed by atoms with Crippen molar-refractivity contribution in [2.24, 2.45) is 5.73 Å². The molecule has 88 valence electrons. The van der Waals surface area contributed by atoms with Gasteiger partial charge in [0.2, 0.25) is 0 Å². The number of imide groups is 1. The number of rotatable bonds is 1. The predicted molar refractivity (Wildman–Crippen MR) is 62.6 cm³/mol. The van der Waals surface area contributed by atoms with Gasteiger partial charge in [0.05, 0.1) is 17.2 Å². The zero-order valence-corrected chi connectivity index (χ0v) is 9.43. The fourth-order valence-corrected chi connectivity index (χ4v) is 2.80. The highest BCUT2D eigenvalue weighted by atomic mass is 16.2. The van der Waals surface area contributed by atoms with Crippen LogP contribution in [-0.2, 0) is 0 Å². The summed E-state index contributed by atoms with van der Waals surface area (Å²) in [4.78, 5) is 25.7. The van der Waals surface area contributed by atoms with Gasteiger partial charge in [-0.15, -0.1) is 0 Å². The molecule has 1 fully saturated rings. The van der Waals surface area contributed by atoms with Gasteiger partial charge in [-0.05, 0) is 31.4 Å². The van der Waals surface area contributed by atoms with Gasteiger partial charge < -0.3 is 5.73 Å². The smallest absolute Gasteiger partial charge is 0.261 e. The monoisotopic (exact) mass is 230 g/mol. The van der Waals surface area contributed by atoms with Gasteiger partial charge in [-0.25, -0.2) is 0 Å².